The van der Waals surface area contributed by atoms with E-state index >= 15 is 0 Å². The molecule has 0 aromatic heterocycles. The summed E-state index contributed by atoms with van der Waals surface area (Å²) in [5.74, 6) is -2.76. The molecule has 0 atom stereocenters. The molecule has 126 valence electrons. The van der Waals surface area contributed by atoms with Crippen LogP contribution in [0.5, 0.6) is 0 Å². The first-order valence-corrected chi connectivity index (χ1v) is 5.08. The number of nitrogen functional groups attached to an aromatic ring is 1. The molecule has 0 radical (unpaired) electrons. The molecule has 0 fully saturated rings. The zero-order valence-corrected chi connectivity index (χ0v) is 10.9. The fourth-order valence-electron chi connectivity index (χ4n) is 1.00. The molecule has 0 aliphatic rings. The second-order valence-electron chi connectivity index (χ2n) is 3.48. The van der Waals surface area contributed by atoms with Gasteiger partial charge in [0.25, 0.3) is 6.47 Å². The highest BCUT2D eigenvalue weighted by Crippen LogP contribution is 2.32. The molecule has 11 heteroatoms. The molecule has 0 unspecified atom stereocenters. The van der Waals surface area contributed by atoms with Gasteiger partial charge in [-0.05, 0) is 30.7 Å². The number of carbonyl (C=O) groups is 2. The number of aliphatic carboxylic acids is 1. The number of anilines is 1. The lowest BCUT2D eigenvalue weighted by Crippen LogP contribution is -2.21. The topological polar surface area (TPSA) is 101 Å². The summed E-state index contributed by atoms with van der Waals surface area (Å²) in [5.41, 5.74) is 5.18. The summed E-state index contributed by atoms with van der Waals surface area (Å²) in [5, 5.41) is 14.0. The van der Waals surface area contributed by atoms with E-state index in [1.807, 2.05) is 0 Å². The molecular weight excluding hydrogens is 324 g/mol. The summed E-state index contributed by atoms with van der Waals surface area (Å²) in [6, 6.07) is 3.54. The number of carboxylic acids is 1. The van der Waals surface area contributed by atoms with Crippen molar-refractivity contribution in [1.29, 1.82) is 0 Å². The smallest absolute Gasteiger partial charge is 0.483 e. The molecule has 0 saturated heterocycles. The SMILES string of the molecule is Cc1cc(N)ccc1C(F)(F)F.O=C(O)C(F)(F)F.O=CO. The van der Waals surface area contributed by atoms with E-state index in [1.165, 1.54) is 19.1 Å². The molecule has 4 N–H and O–H groups in total. The van der Waals surface area contributed by atoms with Gasteiger partial charge < -0.3 is 15.9 Å². The quantitative estimate of drug-likeness (QED) is 0.384. The highest BCUT2D eigenvalue weighted by Gasteiger charge is 2.38. The first-order valence-electron chi connectivity index (χ1n) is 5.08. The zero-order valence-electron chi connectivity index (χ0n) is 10.9. The Labute approximate surface area is 120 Å². The number of carboxylic acid groups (broad SMARTS) is 2. The van der Waals surface area contributed by atoms with Gasteiger partial charge in [0, 0.05) is 5.69 Å². The maximum atomic E-state index is 12.1. The monoisotopic (exact) mass is 335 g/mol. The molecule has 22 heavy (non-hydrogen) atoms. The van der Waals surface area contributed by atoms with Crippen molar-refractivity contribution in [3.63, 3.8) is 0 Å². The van der Waals surface area contributed by atoms with Crippen LogP contribution in [-0.4, -0.2) is 28.8 Å². The average Bonchev–Trinajstić information content (AvgIpc) is 2.27. The normalized spacial score (nSPS) is 10.5. The van der Waals surface area contributed by atoms with Crippen LogP contribution >= 0.6 is 0 Å². The number of hydrogen-bond acceptors (Lipinski definition) is 3. The summed E-state index contributed by atoms with van der Waals surface area (Å²) >= 11 is 0. The van der Waals surface area contributed by atoms with Crippen LogP contribution in [0.25, 0.3) is 0 Å². The molecule has 5 nitrogen and oxygen atoms in total. The van der Waals surface area contributed by atoms with Crippen LogP contribution in [0.3, 0.4) is 0 Å². The molecule has 0 saturated carbocycles. The van der Waals surface area contributed by atoms with Gasteiger partial charge in [0.05, 0.1) is 5.56 Å². The second-order valence-corrected chi connectivity index (χ2v) is 3.48. The lowest BCUT2D eigenvalue weighted by molar-refractivity contribution is -0.192. The standard InChI is InChI=1S/C8H8F3N.C2HF3O2.CH2O2/c1-5-4-6(12)2-3-7(5)8(9,10)11;3-2(4,5)1(6)7;2-1-3/h2-4H,12H2,1H3;(H,6,7);1H,(H,2,3). The van der Waals surface area contributed by atoms with Gasteiger partial charge >= 0.3 is 18.3 Å². The third kappa shape index (κ3) is 9.44. The Hall–Kier alpha value is -2.46. The summed E-state index contributed by atoms with van der Waals surface area (Å²) < 4.78 is 68.2. The molecule has 1 aromatic rings. The minimum absolute atomic E-state index is 0.155. The lowest BCUT2D eigenvalue weighted by Gasteiger charge is -2.09. The molecule has 0 spiro atoms. The van der Waals surface area contributed by atoms with Crippen LogP contribution in [-0.2, 0) is 15.8 Å². The first-order chi connectivity index (χ1) is 9.77. The van der Waals surface area contributed by atoms with Crippen LogP contribution in [0, 0.1) is 6.92 Å². The van der Waals surface area contributed by atoms with Gasteiger partial charge in [-0.2, -0.15) is 26.3 Å². The number of alkyl halides is 6. The van der Waals surface area contributed by atoms with Crippen molar-refractivity contribution in [1.82, 2.24) is 0 Å². The molecule has 0 aliphatic carbocycles. The Morgan fingerprint density at radius 1 is 1.18 bits per heavy atom. The third-order valence-corrected chi connectivity index (χ3v) is 1.80. The Bertz CT molecular complexity index is 498. The molecular formula is C11H11F6NO4. The van der Waals surface area contributed by atoms with Crippen molar-refractivity contribution in [2.75, 3.05) is 5.73 Å². The number of aryl methyl sites for hydroxylation is 1. The van der Waals surface area contributed by atoms with E-state index in [-0.39, 0.29) is 12.0 Å². The van der Waals surface area contributed by atoms with Crippen molar-refractivity contribution in [2.45, 2.75) is 19.3 Å². The molecule has 1 rings (SSSR count). The number of nitrogens with two attached hydrogens (primary N) is 1. The minimum atomic E-state index is -5.08. The Morgan fingerprint density at radius 3 is 1.77 bits per heavy atom. The molecule has 0 bridgehead atoms. The van der Waals surface area contributed by atoms with Gasteiger partial charge in [-0.15, -0.1) is 0 Å². The van der Waals surface area contributed by atoms with Crippen LogP contribution in [0.2, 0.25) is 0 Å². The van der Waals surface area contributed by atoms with Gasteiger partial charge in [-0.25, -0.2) is 4.79 Å². The first kappa shape index (κ1) is 21.8. The summed E-state index contributed by atoms with van der Waals surface area (Å²) in [6.45, 7) is 1.14. The van der Waals surface area contributed by atoms with E-state index in [0.717, 1.165) is 6.07 Å². The molecule has 0 heterocycles. The number of halogens is 6. The second kappa shape index (κ2) is 8.74. The van der Waals surface area contributed by atoms with Crippen LogP contribution in [0.1, 0.15) is 11.1 Å². The largest absolute Gasteiger partial charge is 0.490 e. The number of hydrogen-bond donors (Lipinski definition) is 3. The number of rotatable bonds is 0. The summed E-state index contributed by atoms with van der Waals surface area (Å²) in [4.78, 5) is 17.3. The van der Waals surface area contributed by atoms with Crippen molar-refractivity contribution in [3.05, 3.63) is 29.3 Å². The van der Waals surface area contributed by atoms with Gasteiger partial charge in [-0.1, -0.05) is 0 Å². The lowest BCUT2D eigenvalue weighted by atomic mass is 10.1. The molecule has 0 aliphatic heterocycles. The minimum Gasteiger partial charge on any atom is -0.483 e. The predicted molar refractivity (Wildman–Crippen MR) is 63.0 cm³/mol. The Kier molecular flexibility index (Phi) is 8.68. The van der Waals surface area contributed by atoms with E-state index in [4.69, 9.17) is 25.5 Å². The zero-order chi connectivity index (χ0) is 18.1. The summed E-state index contributed by atoms with van der Waals surface area (Å²) in [7, 11) is 0. The van der Waals surface area contributed by atoms with Crippen molar-refractivity contribution in [2.24, 2.45) is 0 Å². The van der Waals surface area contributed by atoms with Crippen molar-refractivity contribution in [3.8, 4) is 0 Å². The Balaban J connectivity index is 0. The van der Waals surface area contributed by atoms with Gasteiger partial charge in [0.2, 0.25) is 0 Å². The average molecular weight is 335 g/mol. The molecule has 0 amide bonds. The molecule has 1 aromatic carbocycles. The summed E-state index contributed by atoms with van der Waals surface area (Å²) in [6.07, 6.45) is -9.36. The van der Waals surface area contributed by atoms with E-state index in [2.05, 4.69) is 0 Å². The Morgan fingerprint density at radius 2 is 1.55 bits per heavy atom. The number of benzene rings is 1. The maximum absolute atomic E-state index is 12.1. The third-order valence-electron chi connectivity index (χ3n) is 1.80. The van der Waals surface area contributed by atoms with Gasteiger partial charge in [0.1, 0.15) is 0 Å². The van der Waals surface area contributed by atoms with Crippen LogP contribution in [0.4, 0.5) is 32.0 Å². The van der Waals surface area contributed by atoms with Crippen molar-refractivity contribution >= 4 is 18.1 Å². The highest BCUT2D eigenvalue weighted by molar-refractivity contribution is 5.73. The fourth-order valence-corrected chi connectivity index (χ4v) is 1.00. The highest BCUT2D eigenvalue weighted by atomic mass is 19.4. The maximum Gasteiger partial charge on any atom is 0.490 e. The van der Waals surface area contributed by atoms with Crippen LogP contribution < -0.4 is 5.73 Å². The van der Waals surface area contributed by atoms with E-state index < -0.39 is 23.9 Å². The van der Waals surface area contributed by atoms with E-state index in [9.17, 15) is 26.3 Å². The fraction of sp³-hybridized carbons (Fsp3) is 0.273. The van der Waals surface area contributed by atoms with Gasteiger partial charge in [-0.3, -0.25) is 4.79 Å². The van der Waals surface area contributed by atoms with Gasteiger partial charge in [0.15, 0.2) is 0 Å². The van der Waals surface area contributed by atoms with E-state index in [1.54, 1.807) is 0 Å². The van der Waals surface area contributed by atoms with E-state index in [0.29, 0.717) is 5.69 Å². The predicted octanol–water partition coefficient (Wildman–Crippen LogP) is 2.93. The van der Waals surface area contributed by atoms with Crippen molar-refractivity contribution < 1.29 is 46.1 Å². The van der Waals surface area contributed by atoms with Crippen LogP contribution in [0.15, 0.2) is 18.2 Å².